The van der Waals surface area contributed by atoms with Gasteiger partial charge in [0, 0.05) is 17.5 Å². The van der Waals surface area contributed by atoms with Gasteiger partial charge in [-0.15, -0.1) is 0 Å². The lowest BCUT2D eigenvalue weighted by molar-refractivity contribution is 0.296. The van der Waals surface area contributed by atoms with Gasteiger partial charge < -0.3 is 9.15 Å². The summed E-state index contributed by atoms with van der Waals surface area (Å²) in [5.74, 6) is 0.672. The van der Waals surface area contributed by atoms with Crippen molar-refractivity contribution in [2.24, 2.45) is 0 Å². The molecule has 1 N–H and O–H groups in total. The molecule has 2 aromatic rings. The standard InChI is InChI=1S/C11H11NO3.C2H6/c1-12-7-14-9-4-2-8-3-5-11(13)15-10(8)6-9;1-2/h2-6,12H,7H2,1H3;1-2H3. The highest BCUT2D eigenvalue weighted by Crippen LogP contribution is 2.18. The molecule has 0 fully saturated rings. The summed E-state index contributed by atoms with van der Waals surface area (Å²) in [6.45, 7) is 4.42. The smallest absolute Gasteiger partial charge is 0.336 e. The summed E-state index contributed by atoms with van der Waals surface area (Å²) in [6.07, 6.45) is 0. The van der Waals surface area contributed by atoms with Crippen LogP contribution in [0, 0.1) is 0 Å². The predicted molar refractivity (Wildman–Crippen MR) is 68.4 cm³/mol. The van der Waals surface area contributed by atoms with Gasteiger partial charge in [0.1, 0.15) is 18.1 Å². The largest absolute Gasteiger partial charge is 0.478 e. The molecule has 0 saturated carbocycles. The van der Waals surface area contributed by atoms with Crippen molar-refractivity contribution in [3.05, 3.63) is 40.8 Å². The maximum absolute atomic E-state index is 11.0. The Hall–Kier alpha value is -1.81. The van der Waals surface area contributed by atoms with Crippen LogP contribution >= 0.6 is 0 Å². The minimum Gasteiger partial charge on any atom is -0.478 e. The predicted octanol–water partition coefficient (Wildman–Crippen LogP) is 2.37. The number of hydrogen-bond donors (Lipinski definition) is 1. The molecule has 0 spiro atoms. The van der Waals surface area contributed by atoms with E-state index in [9.17, 15) is 4.79 Å². The minimum atomic E-state index is -0.353. The lowest BCUT2D eigenvalue weighted by atomic mass is 10.2. The van der Waals surface area contributed by atoms with Gasteiger partial charge in [0.2, 0.25) is 0 Å². The van der Waals surface area contributed by atoms with E-state index in [0.717, 1.165) is 5.39 Å². The number of benzene rings is 1. The monoisotopic (exact) mass is 235 g/mol. The van der Waals surface area contributed by atoms with Crippen LogP contribution in [0.4, 0.5) is 0 Å². The Labute approximate surface area is 100 Å². The molecule has 17 heavy (non-hydrogen) atoms. The molecule has 0 aliphatic rings. The van der Waals surface area contributed by atoms with Crippen LogP contribution in [0.5, 0.6) is 5.75 Å². The SMILES string of the molecule is CC.CNCOc1ccc2ccc(=O)oc2c1. The van der Waals surface area contributed by atoms with Crippen molar-refractivity contribution in [1.82, 2.24) is 5.32 Å². The molecule has 4 nitrogen and oxygen atoms in total. The molecule has 0 aliphatic heterocycles. The zero-order chi connectivity index (χ0) is 12.7. The quantitative estimate of drug-likeness (QED) is 0.655. The lowest BCUT2D eigenvalue weighted by Gasteiger charge is -2.04. The van der Waals surface area contributed by atoms with E-state index in [1.807, 2.05) is 26.0 Å². The van der Waals surface area contributed by atoms with Crippen LogP contribution in [0.2, 0.25) is 0 Å². The topological polar surface area (TPSA) is 51.5 Å². The van der Waals surface area contributed by atoms with E-state index in [1.54, 1.807) is 19.2 Å². The number of nitrogens with one attached hydrogen (secondary N) is 1. The van der Waals surface area contributed by atoms with Crippen LogP contribution in [0.15, 0.2) is 39.5 Å². The first kappa shape index (κ1) is 13.3. The molecular weight excluding hydrogens is 218 g/mol. The summed E-state index contributed by atoms with van der Waals surface area (Å²) >= 11 is 0. The van der Waals surface area contributed by atoms with Crippen molar-refractivity contribution < 1.29 is 9.15 Å². The maximum Gasteiger partial charge on any atom is 0.336 e. The molecule has 0 radical (unpaired) electrons. The van der Waals surface area contributed by atoms with Gasteiger partial charge in [-0.1, -0.05) is 13.8 Å². The molecule has 0 aliphatic carbocycles. The maximum atomic E-state index is 11.0. The van der Waals surface area contributed by atoms with Crippen molar-refractivity contribution in [2.45, 2.75) is 13.8 Å². The molecule has 1 heterocycles. The Balaban J connectivity index is 0.000000686. The average Bonchev–Trinajstić information content (AvgIpc) is 2.38. The second kappa shape index (κ2) is 6.70. The molecule has 0 bridgehead atoms. The van der Waals surface area contributed by atoms with Gasteiger partial charge in [0.15, 0.2) is 0 Å². The molecule has 1 aromatic carbocycles. The third-order valence-electron chi connectivity index (χ3n) is 1.98. The molecule has 0 amide bonds. The Kier molecular flexibility index (Phi) is 5.23. The second-order valence-electron chi connectivity index (χ2n) is 3.10. The molecule has 92 valence electrons. The van der Waals surface area contributed by atoms with Crippen LogP contribution in [-0.2, 0) is 0 Å². The van der Waals surface area contributed by atoms with Crippen LogP contribution < -0.4 is 15.7 Å². The van der Waals surface area contributed by atoms with E-state index in [4.69, 9.17) is 9.15 Å². The van der Waals surface area contributed by atoms with E-state index < -0.39 is 0 Å². The molecule has 4 heteroatoms. The minimum absolute atomic E-state index is 0.353. The number of ether oxygens (including phenoxy) is 1. The van der Waals surface area contributed by atoms with Crippen LogP contribution in [-0.4, -0.2) is 13.8 Å². The van der Waals surface area contributed by atoms with Crippen molar-refractivity contribution in [3.63, 3.8) is 0 Å². The van der Waals surface area contributed by atoms with Crippen LogP contribution in [0.1, 0.15) is 13.8 Å². The van der Waals surface area contributed by atoms with Crippen molar-refractivity contribution in [1.29, 1.82) is 0 Å². The molecule has 0 unspecified atom stereocenters. The fraction of sp³-hybridized carbons (Fsp3) is 0.308. The summed E-state index contributed by atoms with van der Waals surface area (Å²) in [5.41, 5.74) is 0.185. The van der Waals surface area contributed by atoms with Gasteiger partial charge in [-0.3, -0.25) is 5.32 Å². The van der Waals surface area contributed by atoms with E-state index in [0.29, 0.717) is 18.1 Å². The van der Waals surface area contributed by atoms with Crippen molar-refractivity contribution in [2.75, 3.05) is 13.8 Å². The third kappa shape index (κ3) is 3.60. The Morgan fingerprint density at radius 1 is 1.24 bits per heavy atom. The van der Waals surface area contributed by atoms with E-state index in [2.05, 4.69) is 5.32 Å². The summed E-state index contributed by atoms with van der Waals surface area (Å²) in [7, 11) is 1.79. The first-order valence-corrected chi connectivity index (χ1v) is 5.61. The van der Waals surface area contributed by atoms with E-state index in [1.165, 1.54) is 6.07 Å². The average molecular weight is 235 g/mol. The summed E-state index contributed by atoms with van der Waals surface area (Å²) in [5, 5.41) is 3.74. The summed E-state index contributed by atoms with van der Waals surface area (Å²) < 4.78 is 10.4. The third-order valence-corrected chi connectivity index (χ3v) is 1.98. The van der Waals surface area contributed by atoms with Gasteiger partial charge in [-0.2, -0.15) is 0 Å². The Morgan fingerprint density at radius 3 is 2.65 bits per heavy atom. The summed E-state index contributed by atoms with van der Waals surface area (Å²) in [6, 6.07) is 8.51. The van der Waals surface area contributed by atoms with Crippen molar-refractivity contribution in [3.8, 4) is 5.75 Å². The van der Waals surface area contributed by atoms with Crippen LogP contribution in [0.3, 0.4) is 0 Å². The van der Waals surface area contributed by atoms with E-state index >= 15 is 0 Å². The summed E-state index contributed by atoms with van der Waals surface area (Å²) in [4.78, 5) is 11.0. The van der Waals surface area contributed by atoms with E-state index in [-0.39, 0.29) is 5.63 Å². The Morgan fingerprint density at radius 2 is 1.94 bits per heavy atom. The zero-order valence-electron chi connectivity index (χ0n) is 10.3. The highest BCUT2D eigenvalue weighted by Gasteiger charge is 1.99. The molecule has 2 rings (SSSR count). The number of rotatable bonds is 3. The fourth-order valence-electron chi connectivity index (χ4n) is 1.29. The molecule has 1 aromatic heterocycles. The fourth-order valence-corrected chi connectivity index (χ4v) is 1.29. The van der Waals surface area contributed by atoms with Gasteiger partial charge in [-0.05, 0) is 25.2 Å². The molecule has 0 saturated heterocycles. The molecular formula is C13H17NO3. The van der Waals surface area contributed by atoms with Crippen molar-refractivity contribution >= 4 is 11.0 Å². The second-order valence-corrected chi connectivity index (χ2v) is 3.10. The van der Waals surface area contributed by atoms with Gasteiger partial charge in [0.25, 0.3) is 0 Å². The molecule has 0 atom stereocenters. The van der Waals surface area contributed by atoms with Gasteiger partial charge in [0.05, 0.1) is 0 Å². The highest BCUT2D eigenvalue weighted by atomic mass is 16.5. The van der Waals surface area contributed by atoms with Crippen LogP contribution in [0.25, 0.3) is 11.0 Å². The lowest BCUT2D eigenvalue weighted by Crippen LogP contribution is -2.13. The number of hydrogen-bond acceptors (Lipinski definition) is 4. The first-order chi connectivity index (χ1) is 8.29. The Bertz CT molecular complexity index is 519. The number of fused-ring (bicyclic) bond motifs is 1. The van der Waals surface area contributed by atoms with Gasteiger partial charge in [-0.25, -0.2) is 4.79 Å². The highest BCUT2D eigenvalue weighted by molar-refractivity contribution is 5.77. The first-order valence-electron chi connectivity index (χ1n) is 5.61. The van der Waals surface area contributed by atoms with Gasteiger partial charge >= 0.3 is 5.63 Å². The normalized spacial score (nSPS) is 9.59. The zero-order valence-corrected chi connectivity index (χ0v) is 10.3.